The van der Waals surface area contributed by atoms with E-state index in [9.17, 15) is 13.2 Å². The van der Waals surface area contributed by atoms with Crippen LogP contribution in [0.5, 0.6) is 0 Å². The lowest BCUT2D eigenvalue weighted by Crippen LogP contribution is -2.32. The first-order chi connectivity index (χ1) is 9.02. The number of nitrogens with two attached hydrogens (primary N) is 1. The second-order valence-electron chi connectivity index (χ2n) is 4.46. The van der Waals surface area contributed by atoms with Gasteiger partial charge in [0, 0.05) is 12.8 Å². The van der Waals surface area contributed by atoms with Crippen molar-refractivity contribution in [3.8, 4) is 12.3 Å². The molecule has 0 fully saturated rings. The molecule has 19 heavy (non-hydrogen) atoms. The maximum atomic E-state index is 11.6. The van der Waals surface area contributed by atoms with E-state index in [4.69, 9.17) is 12.2 Å². The molecule has 0 atom stereocenters. The molecular weight excluding hydrogens is 264 g/mol. The standard InChI is InChI=1S/C13H24N2O3S/c1-2-3-7-10-13(16)15-19(17,18)12-9-6-4-5-8-11-14/h1H,3-12,14H2,(H,15,16). The van der Waals surface area contributed by atoms with Crippen LogP contribution in [0.4, 0.5) is 0 Å². The van der Waals surface area contributed by atoms with Gasteiger partial charge in [-0.15, -0.1) is 12.3 Å². The summed E-state index contributed by atoms with van der Waals surface area (Å²) in [6.07, 6.45) is 10.6. The third kappa shape index (κ3) is 11.7. The minimum absolute atomic E-state index is 0.00347. The normalized spacial score (nSPS) is 10.9. The summed E-state index contributed by atoms with van der Waals surface area (Å²) >= 11 is 0. The molecule has 0 aliphatic rings. The van der Waals surface area contributed by atoms with E-state index < -0.39 is 15.9 Å². The van der Waals surface area contributed by atoms with Crippen molar-refractivity contribution in [2.45, 2.75) is 51.4 Å². The summed E-state index contributed by atoms with van der Waals surface area (Å²) in [6, 6.07) is 0. The maximum Gasteiger partial charge on any atom is 0.234 e. The first-order valence-corrected chi connectivity index (χ1v) is 8.34. The van der Waals surface area contributed by atoms with Crippen molar-refractivity contribution in [3.05, 3.63) is 0 Å². The van der Waals surface area contributed by atoms with Crippen LogP contribution >= 0.6 is 0 Å². The molecule has 0 aromatic carbocycles. The number of hydrogen-bond acceptors (Lipinski definition) is 4. The van der Waals surface area contributed by atoms with E-state index >= 15 is 0 Å². The number of sulfonamides is 1. The predicted molar refractivity (Wildman–Crippen MR) is 76.8 cm³/mol. The van der Waals surface area contributed by atoms with Crippen molar-refractivity contribution in [1.29, 1.82) is 0 Å². The van der Waals surface area contributed by atoms with E-state index in [2.05, 4.69) is 10.6 Å². The zero-order chi connectivity index (χ0) is 14.6. The van der Waals surface area contributed by atoms with Crippen LogP contribution < -0.4 is 10.5 Å². The average molecular weight is 288 g/mol. The van der Waals surface area contributed by atoms with E-state index in [0.29, 0.717) is 25.8 Å². The fourth-order valence-electron chi connectivity index (χ4n) is 1.59. The molecule has 110 valence electrons. The van der Waals surface area contributed by atoms with Gasteiger partial charge in [-0.05, 0) is 25.8 Å². The average Bonchev–Trinajstić information content (AvgIpc) is 2.33. The molecule has 0 bridgehead atoms. The van der Waals surface area contributed by atoms with Gasteiger partial charge in [0.05, 0.1) is 5.75 Å². The van der Waals surface area contributed by atoms with Crippen molar-refractivity contribution in [2.75, 3.05) is 12.3 Å². The highest BCUT2D eigenvalue weighted by molar-refractivity contribution is 7.90. The minimum Gasteiger partial charge on any atom is -0.330 e. The van der Waals surface area contributed by atoms with Gasteiger partial charge in [-0.3, -0.25) is 9.52 Å². The van der Waals surface area contributed by atoms with Gasteiger partial charge >= 0.3 is 0 Å². The highest BCUT2D eigenvalue weighted by Crippen LogP contribution is 2.04. The molecule has 0 heterocycles. The molecule has 0 unspecified atom stereocenters. The first kappa shape index (κ1) is 17.9. The van der Waals surface area contributed by atoms with Crippen molar-refractivity contribution >= 4 is 15.9 Å². The Kier molecular flexibility index (Phi) is 10.2. The van der Waals surface area contributed by atoms with Crippen LogP contribution in [0.2, 0.25) is 0 Å². The zero-order valence-electron chi connectivity index (χ0n) is 11.4. The summed E-state index contributed by atoms with van der Waals surface area (Å²) in [4.78, 5) is 11.3. The molecule has 1 amide bonds. The summed E-state index contributed by atoms with van der Waals surface area (Å²) in [6.45, 7) is 0.673. The van der Waals surface area contributed by atoms with Crippen molar-refractivity contribution in [1.82, 2.24) is 4.72 Å². The molecule has 0 rings (SSSR count). The summed E-state index contributed by atoms with van der Waals surface area (Å²) in [5, 5.41) is 0. The molecule has 0 spiro atoms. The summed E-state index contributed by atoms with van der Waals surface area (Å²) in [5.41, 5.74) is 5.36. The largest absolute Gasteiger partial charge is 0.330 e. The van der Waals surface area contributed by atoms with Crippen LogP contribution in [-0.4, -0.2) is 26.6 Å². The quantitative estimate of drug-likeness (QED) is 0.441. The Balaban J connectivity index is 3.74. The molecule has 0 aliphatic carbocycles. The maximum absolute atomic E-state index is 11.6. The molecule has 0 aliphatic heterocycles. The number of terminal acetylenes is 1. The third-order valence-corrected chi connectivity index (χ3v) is 3.98. The molecule has 0 aromatic heterocycles. The van der Waals surface area contributed by atoms with Crippen LogP contribution in [-0.2, 0) is 14.8 Å². The zero-order valence-corrected chi connectivity index (χ0v) is 12.2. The van der Waals surface area contributed by atoms with E-state index in [1.807, 2.05) is 0 Å². The lowest BCUT2D eigenvalue weighted by molar-refractivity contribution is -0.119. The Bertz CT molecular complexity index is 385. The second kappa shape index (κ2) is 10.8. The van der Waals surface area contributed by atoms with E-state index in [0.717, 1.165) is 25.7 Å². The molecular formula is C13H24N2O3S. The van der Waals surface area contributed by atoms with E-state index in [-0.39, 0.29) is 12.2 Å². The molecule has 0 saturated heterocycles. The van der Waals surface area contributed by atoms with Crippen LogP contribution in [0.3, 0.4) is 0 Å². The van der Waals surface area contributed by atoms with Crippen LogP contribution in [0.1, 0.15) is 51.4 Å². The molecule has 5 nitrogen and oxygen atoms in total. The van der Waals surface area contributed by atoms with Gasteiger partial charge in [0.2, 0.25) is 15.9 Å². The van der Waals surface area contributed by atoms with Gasteiger partial charge in [-0.2, -0.15) is 0 Å². The fraction of sp³-hybridized carbons (Fsp3) is 0.769. The van der Waals surface area contributed by atoms with Crippen molar-refractivity contribution in [2.24, 2.45) is 5.73 Å². The third-order valence-electron chi connectivity index (χ3n) is 2.61. The summed E-state index contributed by atoms with van der Waals surface area (Å²) in [7, 11) is -3.49. The van der Waals surface area contributed by atoms with Crippen molar-refractivity contribution < 1.29 is 13.2 Å². The lowest BCUT2D eigenvalue weighted by atomic mass is 10.2. The number of amides is 1. The Morgan fingerprint density at radius 1 is 1.11 bits per heavy atom. The van der Waals surface area contributed by atoms with Gasteiger partial charge in [0.1, 0.15) is 0 Å². The fourth-order valence-corrected chi connectivity index (χ4v) is 2.73. The van der Waals surface area contributed by atoms with Gasteiger partial charge in [-0.1, -0.05) is 19.3 Å². The van der Waals surface area contributed by atoms with E-state index in [1.54, 1.807) is 0 Å². The number of hydrogen-bond donors (Lipinski definition) is 2. The molecule has 3 N–H and O–H groups in total. The van der Waals surface area contributed by atoms with Gasteiger partial charge < -0.3 is 5.73 Å². The summed E-state index contributed by atoms with van der Waals surface area (Å²) in [5.74, 6) is 1.93. The summed E-state index contributed by atoms with van der Waals surface area (Å²) < 4.78 is 25.2. The molecule has 0 saturated carbocycles. The topological polar surface area (TPSA) is 89.3 Å². The highest BCUT2D eigenvalue weighted by Gasteiger charge is 2.13. The van der Waals surface area contributed by atoms with Crippen molar-refractivity contribution in [3.63, 3.8) is 0 Å². The molecule has 0 aromatic rings. The monoisotopic (exact) mass is 288 g/mol. The SMILES string of the molecule is C#CCCCC(=O)NS(=O)(=O)CCCCCCCN. The Morgan fingerprint density at radius 3 is 2.37 bits per heavy atom. The first-order valence-electron chi connectivity index (χ1n) is 6.68. The number of unbranched alkanes of at least 4 members (excludes halogenated alkanes) is 5. The second-order valence-corrected chi connectivity index (χ2v) is 6.30. The van der Waals surface area contributed by atoms with Crippen LogP contribution in [0.25, 0.3) is 0 Å². The van der Waals surface area contributed by atoms with Gasteiger partial charge in [0.25, 0.3) is 0 Å². The van der Waals surface area contributed by atoms with Crippen LogP contribution in [0, 0.1) is 12.3 Å². The Morgan fingerprint density at radius 2 is 1.74 bits per heavy atom. The number of carbonyl (C=O) groups excluding carboxylic acids is 1. The number of rotatable bonds is 11. The molecule has 0 radical (unpaired) electrons. The number of nitrogens with one attached hydrogen (secondary N) is 1. The Labute approximate surface area is 116 Å². The number of carbonyl (C=O) groups is 1. The lowest BCUT2D eigenvalue weighted by Gasteiger charge is -2.06. The smallest absolute Gasteiger partial charge is 0.234 e. The van der Waals surface area contributed by atoms with Gasteiger partial charge in [-0.25, -0.2) is 8.42 Å². The minimum atomic E-state index is -3.49. The predicted octanol–water partition coefficient (Wildman–Crippen LogP) is 1.15. The van der Waals surface area contributed by atoms with Crippen LogP contribution in [0.15, 0.2) is 0 Å². The van der Waals surface area contributed by atoms with Gasteiger partial charge in [0.15, 0.2) is 0 Å². The van der Waals surface area contributed by atoms with E-state index in [1.165, 1.54) is 0 Å². The molecule has 6 heteroatoms. The Hall–Kier alpha value is -1.06. The highest BCUT2D eigenvalue weighted by atomic mass is 32.2.